The molecule has 0 unspecified atom stereocenters. The molecule has 1 N–H and O–H groups in total. The molecule has 2 aliphatic carbocycles. The highest BCUT2D eigenvalue weighted by Crippen LogP contribution is 2.44. The van der Waals surface area contributed by atoms with Gasteiger partial charge in [-0.25, -0.2) is 0 Å². The van der Waals surface area contributed by atoms with E-state index in [0.717, 1.165) is 23.5 Å². The van der Waals surface area contributed by atoms with Crippen molar-refractivity contribution in [2.24, 2.45) is 11.8 Å². The SMILES string of the molecule is CCn1c(SCC(=O)NC(C2CC2)C2CC2)nnc1-c1ccco1. The van der Waals surface area contributed by atoms with E-state index in [1.54, 1.807) is 6.26 Å². The zero-order chi connectivity index (χ0) is 16.5. The van der Waals surface area contributed by atoms with Crippen LogP contribution in [0.2, 0.25) is 0 Å². The molecule has 2 aliphatic rings. The first kappa shape index (κ1) is 15.7. The van der Waals surface area contributed by atoms with Crippen molar-refractivity contribution in [2.75, 3.05) is 5.75 Å². The molecule has 7 heteroatoms. The van der Waals surface area contributed by atoms with Gasteiger partial charge in [0.05, 0.1) is 12.0 Å². The summed E-state index contributed by atoms with van der Waals surface area (Å²) in [6.07, 6.45) is 6.70. The van der Waals surface area contributed by atoms with Gasteiger partial charge in [0.1, 0.15) is 0 Å². The predicted molar refractivity (Wildman–Crippen MR) is 91.5 cm³/mol. The number of amides is 1. The van der Waals surface area contributed by atoms with Gasteiger partial charge in [0.25, 0.3) is 0 Å². The van der Waals surface area contributed by atoms with E-state index in [0.29, 0.717) is 23.4 Å². The number of thioether (sulfide) groups is 1. The first-order valence-electron chi connectivity index (χ1n) is 8.65. The number of rotatable bonds is 8. The van der Waals surface area contributed by atoms with Crippen molar-refractivity contribution < 1.29 is 9.21 Å². The molecule has 2 heterocycles. The molecule has 2 fully saturated rings. The van der Waals surface area contributed by atoms with E-state index in [-0.39, 0.29) is 5.91 Å². The van der Waals surface area contributed by atoms with Crippen LogP contribution in [-0.4, -0.2) is 32.5 Å². The second kappa shape index (κ2) is 6.63. The molecule has 24 heavy (non-hydrogen) atoms. The largest absolute Gasteiger partial charge is 0.461 e. The van der Waals surface area contributed by atoms with Crippen LogP contribution in [0.25, 0.3) is 11.6 Å². The van der Waals surface area contributed by atoms with E-state index in [9.17, 15) is 4.79 Å². The average Bonchev–Trinajstić information content (AvgIpc) is 3.51. The molecule has 4 rings (SSSR count). The zero-order valence-electron chi connectivity index (χ0n) is 13.8. The predicted octanol–water partition coefficient (Wildman–Crippen LogP) is 2.95. The number of furan rings is 1. The Hall–Kier alpha value is -1.76. The lowest BCUT2D eigenvalue weighted by molar-refractivity contribution is -0.119. The molecule has 6 nitrogen and oxygen atoms in total. The first-order chi connectivity index (χ1) is 11.8. The van der Waals surface area contributed by atoms with Crippen molar-refractivity contribution in [1.82, 2.24) is 20.1 Å². The van der Waals surface area contributed by atoms with Crippen LogP contribution in [-0.2, 0) is 11.3 Å². The van der Waals surface area contributed by atoms with Gasteiger partial charge in [-0.15, -0.1) is 10.2 Å². The van der Waals surface area contributed by atoms with Crippen LogP contribution in [0, 0.1) is 11.8 Å². The summed E-state index contributed by atoms with van der Waals surface area (Å²) >= 11 is 1.44. The van der Waals surface area contributed by atoms with Crippen molar-refractivity contribution in [3.05, 3.63) is 18.4 Å². The van der Waals surface area contributed by atoms with Crippen LogP contribution < -0.4 is 5.32 Å². The van der Waals surface area contributed by atoms with E-state index < -0.39 is 0 Å². The van der Waals surface area contributed by atoms with Crippen LogP contribution in [0.4, 0.5) is 0 Å². The molecular formula is C17H22N4O2S. The molecular weight excluding hydrogens is 324 g/mol. The van der Waals surface area contributed by atoms with Crippen molar-refractivity contribution in [2.45, 2.75) is 50.4 Å². The highest BCUT2D eigenvalue weighted by atomic mass is 32.2. The van der Waals surface area contributed by atoms with Gasteiger partial charge >= 0.3 is 0 Å². The van der Waals surface area contributed by atoms with Crippen LogP contribution in [0.3, 0.4) is 0 Å². The number of carbonyl (C=O) groups is 1. The lowest BCUT2D eigenvalue weighted by Crippen LogP contribution is -2.39. The van der Waals surface area contributed by atoms with Gasteiger partial charge in [-0.3, -0.25) is 9.36 Å². The maximum atomic E-state index is 12.3. The molecule has 2 aromatic heterocycles. The summed E-state index contributed by atoms with van der Waals surface area (Å²) in [6, 6.07) is 4.11. The zero-order valence-corrected chi connectivity index (χ0v) is 14.6. The summed E-state index contributed by atoms with van der Waals surface area (Å²) in [5.41, 5.74) is 0. The minimum atomic E-state index is 0.106. The Bertz CT molecular complexity index is 692. The maximum Gasteiger partial charge on any atom is 0.230 e. The average molecular weight is 346 g/mol. The molecule has 0 aliphatic heterocycles. The van der Waals surface area contributed by atoms with Crippen LogP contribution in [0.1, 0.15) is 32.6 Å². The lowest BCUT2D eigenvalue weighted by Gasteiger charge is -2.17. The molecule has 0 aromatic carbocycles. The highest BCUT2D eigenvalue weighted by molar-refractivity contribution is 7.99. The Balaban J connectivity index is 1.37. The van der Waals surface area contributed by atoms with Crippen LogP contribution >= 0.6 is 11.8 Å². The molecule has 2 saturated carbocycles. The van der Waals surface area contributed by atoms with Crippen molar-refractivity contribution in [3.63, 3.8) is 0 Å². The lowest BCUT2D eigenvalue weighted by atomic mass is 10.1. The van der Waals surface area contributed by atoms with E-state index >= 15 is 0 Å². The van der Waals surface area contributed by atoms with Crippen molar-refractivity contribution >= 4 is 17.7 Å². The summed E-state index contributed by atoms with van der Waals surface area (Å²) in [7, 11) is 0. The standard InChI is InChI=1S/C17H22N4O2S/c1-2-21-16(13-4-3-9-23-13)19-20-17(21)24-10-14(22)18-15(11-5-6-11)12-7-8-12/h3-4,9,11-12,15H,2,5-8,10H2,1H3,(H,18,22). The van der Waals surface area contributed by atoms with Gasteiger partial charge in [-0.2, -0.15) is 0 Å². The molecule has 0 saturated heterocycles. The summed E-state index contributed by atoms with van der Waals surface area (Å²) in [5.74, 6) is 3.33. The first-order valence-corrected chi connectivity index (χ1v) is 9.64. The van der Waals surface area contributed by atoms with E-state index in [1.165, 1.54) is 37.4 Å². The summed E-state index contributed by atoms with van der Waals surface area (Å²) in [4.78, 5) is 12.3. The van der Waals surface area contributed by atoms with E-state index in [1.807, 2.05) is 23.6 Å². The van der Waals surface area contributed by atoms with Crippen molar-refractivity contribution in [1.29, 1.82) is 0 Å². The monoisotopic (exact) mass is 346 g/mol. The Morgan fingerprint density at radius 3 is 2.71 bits per heavy atom. The van der Waals surface area contributed by atoms with Crippen LogP contribution in [0.5, 0.6) is 0 Å². The third-order valence-corrected chi connectivity index (χ3v) is 5.66. The Labute approximate surface area is 145 Å². The Morgan fingerprint density at radius 1 is 1.38 bits per heavy atom. The summed E-state index contributed by atoms with van der Waals surface area (Å²) in [5, 5.41) is 12.4. The number of aromatic nitrogens is 3. The third-order valence-electron chi connectivity index (χ3n) is 4.69. The quantitative estimate of drug-likeness (QED) is 0.744. The molecule has 128 valence electrons. The molecule has 0 bridgehead atoms. The summed E-state index contributed by atoms with van der Waals surface area (Å²) < 4.78 is 7.39. The number of hydrogen-bond donors (Lipinski definition) is 1. The number of nitrogens with zero attached hydrogens (tertiary/aromatic N) is 3. The number of hydrogen-bond acceptors (Lipinski definition) is 5. The fourth-order valence-electron chi connectivity index (χ4n) is 3.16. The molecule has 0 atom stereocenters. The van der Waals surface area contributed by atoms with Gasteiger partial charge in [-0.05, 0) is 56.6 Å². The van der Waals surface area contributed by atoms with Gasteiger partial charge in [-0.1, -0.05) is 11.8 Å². The Morgan fingerprint density at radius 2 is 2.12 bits per heavy atom. The minimum absolute atomic E-state index is 0.106. The smallest absolute Gasteiger partial charge is 0.230 e. The van der Waals surface area contributed by atoms with Crippen molar-refractivity contribution in [3.8, 4) is 11.6 Å². The molecule has 1 amide bonds. The molecule has 2 aromatic rings. The normalized spacial score (nSPS) is 17.4. The van der Waals surface area contributed by atoms with Crippen LogP contribution in [0.15, 0.2) is 28.0 Å². The van der Waals surface area contributed by atoms with Gasteiger partial charge in [0, 0.05) is 12.6 Å². The topological polar surface area (TPSA) is 73.0 Å². The highest BCUT2D eigenvalue weighted by Gasteiger charge is 2.42. The van der Waals surface area contributed by atoms with Gasteiger partial charge in [0.2, 0.25) is 5.91 Å². The number of carbonyl (C=O) groups excluding carboxylic acids is 1. The second-order valence-electron chi connectivity index (χ2n) is 6.58. The molecule has 0 spiro atoms. The summed E-state index contributed by atoms with van der Waals surface area (Å²) in [6.45, 7) is 2.77. The van der Waals surface area contributed by atoms with E-state index in [2.05, 4.69) is 15.5 Å². The minimum Gasteiger partial charge on any atom is -0.461 e. The Kier molecular flexibility index (Phi) is 4.35. The fourth-order valence-corrected chi connectivity index (χ4v) is 3.97. The van der Waals surface area contributed by atoms with Gasteiger partial charge in [0.15, 0.2) is 16.7 Å². The second-order valence-corrected chi connectivity index (χ2v) is 7.53. The van der Waals surface area contributed by atoms with Gasteiger partial charge < -0.3 is 9.73 Å². The van der Waals surface area contributed by atoms with E-state index in [4.69, 9.17) is 4.42 Å². The fraction of sp³-hybridized carbons (Fsp3) is 0.588. The molecule has 0 radical (unpaired) electrons. The number of nitrogens with one attached hydrogen (secondary N) is 1. The maximum absolute atomic E-state index is 12.3. The third kappa shape index (κ3) is 3.36.